The minimum atomic E-state index is -0.667. The highest BCUT2D eigenvalue weighted by Crippen LogP contribution is 2.23. The molecule has 0 atom stereocenters. The third-order valence-electron chi connectivity index (χ3n) is 2.31. The number of hydrogen-bond donors (Lipinski definition) is 1. The van der Waals surface area contributed by atoms with Gasteiger partial charge < -0.3 is 15.2 Å². The molecule has 4 heteroatoms. The number of nitrogens with two attached hydrogens (primary N) is 1. The normalized spacial score (nSPS) is 28.4. The average molecular weight is 187 g/mol. The summed E-state index contributed by atoms with van der Waals surface area (Å²) in [6.07, 6.45) is 3.35. The van der Waals surface area contributed by atoms with Crippen LogP contribution < -0.4 is 5.73 Å². The molecule has 1 rings (SSSR count). The van der Waals surface area contributed by atoms with Gasteiger partial charge in [0.1, 0.15) is 6.10 Å². The number of carbonyl (C=O) groups is 1. The maximum Gasteiger partial charge on any atom is 0.404 e. The summed E-state index contributed by atoms with van der Waals surface area (Å²) < 4.78 is 10.4. The van der Waals surface area contributed by atoms with Gasteiger partial charge >= 0.3 is 6.09 Å². The van der Waals surface area contributed by atoms with Crippen molar-refractivity contribution in [2.75, 3.05) is 6.61 Å². The number of carbonyl (C=O) groups excluding carboxylic acids is 1. The number of primary amides is 1. The Morgan fingerprint density at radius 1 is 1.31 bits per heavy atom. The Balaban J connectivity index is 2.18. The average Bonchev–Trinajstić information content (AvgIpc) is 2.08. The van der Waals surface area contributed by atoms with Crippen LogP contribution in [0.1, 0.15) is 32.6 Å². The van der Waals surface area contributed by atoms with Crippen molar-refractivity contribution in [1.29, 1.82) is 0 Å². The summed E-state index contributed by atoms with van der Waals surface area (Å²) in [5.41, 5.74) is 4.92. The molecule has 1 saturated carbocycles. The largest absolute Gasteiger partial charge is 0.446 e. The summed E-state index contributed by atoms with van der Waals surface area (Å²) in [5, 5.41) is 0. The van der Waals surface area contributed by atoms with Crippen molar-refractivity contribution in [3.63, 3.8) is 0 Å². The number of ether oxygens (including phenoxy) is 2. The predicted molar refractivity (Wildman–Crippen MR) is 48.3 cm³/mol. The zero-order valence-corrected chi connectivity index (χ0v) is 7.99. The van der Waals surface area contributed by atoms with Crippen LogP contribution in [0, 0.1) is 0 Å². The van der Waals surface area contributed by atoms with E-state index in [1.54, 1.807) is 0 Å². The smallest absolute Gasteiger partial charge is 0.404 e. The molecule has 13 heavy (non-hydrogen) atoms. The lowest BCUT2D eigenvalue weighted by Gasteiger charge is -2.27. The Kier molecular flexibility index (Phi) is 4.02. The van der Waals surface area contributed by atoms with E-state index in [1.807, 2.05) is 6.92 Å². The molecule has 0 aromatic heterocycles. The third kappa shape index (κ3) is 3.63. The Bertz CT molecular complexity index is 164. The molecule has 0 aromatic carbocycles. The second kappa shape index (κ2) is 5.07. The minimum absolute atomic E-state index is 0.00852. The van der Waals surface area contributed by atoms with Gasteiger partial charge in [0.05, 0.1) is 6.10 Å². The highest BCUT2D eigenvalue weighted by Gasteiger charge is 2.23. The van der Waals surface area contributed by atoms with Crippen LogP contribution in [0.3, 0.4) is 0 Å². The van der Waals surface area contributed by atoms with Gasteiger partial charge in [-0.2, -0.15) is 0 Å². The fourth-order valence-corrected chi connectivity index (χ4v) is 1.72. The fraction of sp³-hybridized carbons (Fsp3) is 0.889. The Morgan fingerprint density at radius 2 is 1.85 bits per heavy atom. The van der Waals surface area contributed by atoms with Crippen molar-refractivity contribution in [3.05, 3.63) is 0 Å². The molecule has 0 heterocycles. The second-order valence-electron chi connectivity index (χ2n) is 3.29. The predicted octanol–water partition coefficient (Wildman–Crippen LogP) is 1.43. The maximum absolute atomic E-state index is 10.4. The molecule has 4 nitrogen and oxygen atoms in total. The topological polar surface area (TPSA) is 61.6 Å². The van der Waals surface area contributed by atoms with Crippen LogP contribution in [-0.4, -0.2) is 24.9 Å². The molecule has 0 bridgehead atoms. The van der Waals surface area contributed by atoms with Gasteiger partial charge in [0.15, 0.2) is 0 Å². The van der Waals surface area contributed by atoms with E-state index < -0.39 is 6.09 Å². The molecule has 76 valence electrons. The number of rotatable bonds is 3. The van der Waals surface area contributed by atoms with Gasteiger partial charge in [0.25, 0.3) is 0 Å². The summed E-state index contributed by atoms with van der Waals surface area (Å²) in [7, 11) is 0. The molecule has 0 aromatic rings. The lowest BCUT2D eigenvalue weighted by atomic mass is 9.95. The standard InChI is InChI=1S/C9H17NO3/c1-2-12-7-3-5-8(6-4-7)13-9(10)11/h7-8H,2-6H2,1H3,(H2,10,11). The van der Waals surface area contributed by atoms with Gasteiger partial charge in [-0.25, -0.2) is 4.79 Å². The van der Waals surface area contributed by atoms with Crippen molar-refractivity contribution in [1.82, 2.24) is 0 Å². The van der Waals surface area contributed by atoms with Crippen LogP contribution in [-0.2, 0) is 9.47 Å². The first kappa shape index (κ1) is 10.3. The van der Waals surface area contributed by atoms with Crippen molar-refractivity contribution in [3.8, 4) is 0 Å². The molecule has 0 spiro atoms. The summed E-state index contributed by atoms with van der Waals surface area (Å²) in [6.45, 7) is 2.75. The van der Waals surface area contributed by atoms with E-state index in [1.165, 1.54) is 0 Å². The molecule has 0 unspecified atom stereocenters. The van der Waals surface area contributed by atoms with Crippen molar-refractivity contribution in [2.45, 2.75) is 44.8 Å². The first-order valence-corrected chi connectivity index (χ1v) is 4.80. The summed E-state index contributed by atoms with van der Waals surface area (Å²) >= 11 is 0. The van der Waals surface area contributed by atoms with Crippen LogP contribution >= 0.6 is 0 Å². The Labute approximate surface area is 78.4 Å². The molecular weight excluding hydrogens is 170 g/mol. The zero-order chi connectivity index (χ0) is 9.68. The quantitative estimate of drug-likeness (QED) is 0.727. The lowest BCUT2D eigenvalue weighted by Crippen LogP contribution is -2.30. The van der Waals surface area contributed by atoms with Crippen molar-refractivity contribution in [2.24, 2.45) is 5.73 Å². The van der Waals surface area contributed by atoms with E-state index in [0.717, 1.165) is 32.3 Å². The van der Waals surface area contributed by atoms with Gasteiger partial charge in [0, 0.05) is 6.61 Å². The highest BCUT2D eigenvalue weighted by molar-refractivity contribution is 5.64. The van der Waals surface area contributed by atoms with Crippen molar-refractivity contribution < 1.29 is 14.3 Å². The lowest BCUT2D eigenvalue weighted by molar-refractivity contribution is -0.00259. The van der Waals surface area contributed by atoms with E-state index in [-0.39, 0.29) is 6.10 Å². The van der Waals surface area contributed by atoms with Crippen LogP contribution in [0.25, 0.3) is 0 Å². The fourth-order valence-electron chi connectivity index (χ4n) is 1.72. The highest BCUT2D eigenvalue weighted by atomic mass is 16.6. The van der Waals surface area contributed by atoms with E-state index >= 15 is 0 Å². The van der Waals surface area contributed by atoms with Crippen molar-refractivity contribution >= 4 is 6.09 Å². The summed E-state index contributed by atoms with van der Waals surface area (Å²) in [6, 6.07) is 0. The second-order valence-corrected chi connectivity index (χ2v) is 3.29. The molecule has 1 fully saturated rings. The number of amides is 1. The van der Waals surface area contributed by atoms with Gasteiger partial charge in [-0.15, -0.1) is 0 Å². The molecule has 1 amide bonds. The van der Waals surface area contributed by atoms with Gasteiger partial charge in [-0.05, 0) is 32.6 Å². The van der Waals surface area contributed by atoms with Crippen LogP contribution in [0.5, 0.6) is 0 Å². The van der Waals surface area contributed by atoms with Gasteiger partial charge in [0.2, 0.25) is 0 Å². The summed E-state index contributed by atoms with van der Waals surface area (Å²) in [5.74, 6) is 0. The zero-order valence-electron chi connectivity index (χ0n) is 7.99. The number of hydrogen-bond acceptors (Lipinski definition) is 3. The molecule has 1 aliphatic rings. The molecule has 0 aliphatic heterocycles. The molecule has 1 aliphatic carbocycles. The first-order chi connectivity index (χ1) is 6.22. The van der Waals surface area contributed by atoms with Gasteiger partial charge in [-0.3, -0.25) is 0 Å². The molecule has 2 N–H and O–H groups in total. The first-order valence-electron chi connectivity index (χ1n) is 4.80. The van der Waals surface area contributed by atoms with Crippen LogP contribution in [0.2, 0.25) is 0 Å². The van der Waals surface area contributed by atoms with Crippen LogP contribution in [0.15, 0.2) is 0 Å². The molecule has 0 saturated heterocycles. The molecule has 0 radical (unpaired) electrons. The Morgan fingerprint density at radius 3 is 2.31 bits per heavy atom. The van der Waals surface area contributed by atoms with E-state index in [0.29, 0.717) is 6.10 Å². The molecular formula is C9H17NO3. The van der Waals surface area contributed by atoms with Crippen LogP contribution in [0.4, 0.5) is 4.79 Å². The van der Waals surface area contributed by atoms with E-state index in [9.17, 15) is 4.79 Å². The van der Waals surface area contributed by atoms with E-state index in [4.69, 9.17) is 15.2 Å². The minimum Gasteiger partial charge on any atom is -0.446 e. The SMILES string of the molecule is CCOC1CCC(OC(N)=O)CC1. The van der Waals surface area contributed by atoms with Gasteiger partial charge in [-0.1, -0.05) is 0 Å². The summed E-state index contributed by atoms with van der Waals surface area (Å²) in [4.78, 5) is 10.4. The monoisotopic (exact) mass is 187 g/mol. The van der Waals surface area contributed by atoms with E-state index in [2.05, 4.69) is 0 Å². The maximum atomic E-state index is 10.4. The Hall–Kier alpha value is -0.770. The third-order valence-corrected chi connectivity index (χ3v) is 2.31.